The highest BCUT2D eigenvalue weighted by Crippen LogP contribution is 2.38. The normalized spacial score (nSPS) is 16.5. The van der Waals surface area contributed by atoms with Gasteiger partial charge in [0.05, 0.1) is 23.6 Å². The maximum absolute atomic E-state index is 12.8. The van der Waals surface area contributed by atoms with Crippen molar-refractivity contribution in [1.82, 2.24) is 24.8 Å². The molecule has 0 spiro atoms. The van der Waals surface area contributed by atoms with Crippen molar-refractivity contribution in [3.05, 3.63) is 99.3 Å². The van der Waals surface area contributed by atoms with Crippen LogP contribution < -0.4 is 11.3 Å². The number of phenolic OH excluding ortho intramolecular Hbond substituents is 2. The van der Waals surface area contributed by atoms with E-state index in [1.165, 1.54) is 6.07 Å². The highest BCUT2D eigenvalue weighted by atomic mass is 16.6. The van der Waals surface area contributed by atoms with Gasteiger partial charge in [-0.15, -0.1) is 0 Å². The number of hydrogen-bond donors (Lipinski definition) is 4. The second-order valence-corrected chi connectivity index (χ2v) is 18.2. The van der Waals surface area contributed by atoms with Crippen LogP contribution in [0.5, 0.6) is 11.5 Å². The minimum Gasteiger partial charge on any atom is -0.507 e. The quantitative estimate of drug-likeness (QED) is 0.0683. The molecule has 0 aliphatic carbocycles. The van der Waals surface area contributed by atoms with E-state index in [4.69, 9.17) is 19.9 Å². The SMILES string of the molecule is CC(C)(C)OC(=O)N1CCCC(c2cc(-c3ccccc3O)nc(N)c2C=O)C1.CCOC(=O)c1cc2c(C3CCCN(C(=O)OC(C)(C)C)C3)cc(-c3ccccc3O)nc2[nH]c1=O. The van der Waals surface area contributed by atoms with Crippen LogP contribution in [0, 0.1) is 0 Å². The lowest BCUT2D eigenvalue weighted by Crippen LogP contribution is -2.42. The maximum atomic E-state index is 12.8. The van der Waals surface area contributed by atoms with Crippen molar-refractivity contribution in [2.75, 3.05) is 38.5 Å². The van der Waals surface area contributed by atoms with Crippen molar-refractivity contribution in [1.29, 1.82) is 0 Å². The fourth-order valence-corrected chi connectivity index (χ4v) is 8.07. The van der Waals surface area contributed by atoms with E-state index in [9.17, 15) is 34.2 Å². The van der Waals surface area contributed by atoms with Crippen LogP contribution in [0.3, 0.4) is 0 Å². The zero-order valence-corrected chi connectivity index (χ0v) is 38.0. The predicted octanol–water partition coefficient (Wildman–Crippen LogP) is 8.55. The molecule has 0 saturated carbocycles. The van der Waals surface area contributed by atoms with Crippen LogP contribution in [0.25, 0.3) is 33.5 Å². The number of carbonyl (C=O) groups excluding carboxylic acids is 4. The number of H-pyrrole nitrogens is 1. The number of para-hydroxylation sites is 2. The number of rotatable bonds is 7. The van der Waals surface area contributed by atoms with E-state index in [0.29, 0.717) is 65.9 Å². The fraction of sp³-hybridized carbons (Fsp3) is 0.408. The Morgan fingerprint density at radius 1 is 0.785 bits per heavy atom. The number of aromatic hydroxyl groups is 2. The molecule has 5 aromatic rings. The highest BCUT2D eigenvalue weighted by molar-refractivity contribution is 5.94. The number of esters is 1. The molecule has 344 valence electrons. The Morgan fingerprint density at radius 3 is 1.77 bits per heavy atom. The number of hydrogen-bond acceptors (Lipinski definition) is 13. The monoisotopic (exact) mass is 890 g/mol. The van der Waals surface area contributed by atoms with Gasteiger partial charge in [0.15, 0.2) is 6.29 Å². The van der Waals surface area contributed by atoms with Crippen molar-refractivity contribution < 1.29 is 43.6 Å². The number of nitrogens with two attached hydrogens (primary N) is 1. The fourth-order valence-electron chi connectivity index (χ4n) is 8.07. The zero-order valence-electron chi connectivity index (χ0n) is 38.0. The molecule has 7 rings (SSSR count). The largest absolute Gasteiger partial charge is 0.507 e. The second kappa shape index (κ2) is 19.8. The molecule has 16 nitrogen and oxygen atoms in total. The summed E-state index contributed by atoms with van der Waals surface area (Å²) in [5.41, 5.74) is 8.37. The lowest BCUT2D eigenvalue weighted by molar-refractivity contribution is 0.0188. The van der Waals surface area contributed by atoms with Gasteiger partial charge in [-0.3, -0.25) is 9.59 Å². The first-order valence-corrected chi connectivity index (χ1v) is 21.8. The molecule has 2 atom stereocenters. The smallest absolute Gasteiger partial charge is 0.410 e. The van der Waals surface area contributed by atoms with E-state index in [0.717, 1.165) is 36.8 Å². The molecule has 2 unspecified atom stereocenters. The Kier molecular flexibility index (Phi) is 14.5. The third-order valence-electron chi connectivity index (χ3n) is 11.0. The molecular formula is C49H58N6O10. The standard InChI is InChI=1S/C27H31N3O6.C22H27N3O4/c1-5-35-25(33)20-13-19-18(16-9-8-12-30(15-16)26(34)36-27(2,3)4)14-21(28-23(19)29-24(20)32)17-10-6-7-11-22(17)31;1-22(2,3)29-21(28)25-10-6-7-14(12-25)16-11-18(24-20(23)17(16)13-26)15-8-4-5-9-19(15)27/h6-7,10-11,13-14,16,31H,5,8-9,12,15H2,1-4H3,(H,28,29,32);4-5,8-9,11,13-14,27H,6-7,10,12H2,1-3H3,(H2,23,24). The van der Waals surface area contributed by atoms with E-state index in [2.05, 4.69) is 15.0 Å². The lowest BCUT2D eigenvalue weighted by atomic mass is 9.87. The Labute approximate surface area is 377 Å². The summed E-state index contributed by atoms with van der Waals surface area (Å²) >= 11 is 0. The number of ether oxygens (including phenoxy) is 3. The van der Waals surface area contributed by atoms with Gasteiger partial charge < -0.3 is 44.9 Å². The van der Waals surface area contributed by atoms with E-state index >= 15 is 0 Å². The van der Waals surface area contributed by atoms with Gasteiger partial charge in [-0.25, -0.2) is 24.4 Å². The minimum absolute atomic E-state index is 0.0554. The molecule has 0 radical (unpaired) electrons. The average molecular weight is 891 g/mol. The number of anilines is 1. The molecule has 5 heterocycles. The molecule has 2 fully saturated rings. The molecular weight excluding hydrogens is 833 g/mol. The van der Waals surface area contributed by atoms with E-state index < -0.39 is 22.7 Å². The van der Waals surface area contributed by atoms with Crippen LogP contribution in [0.15, 0.2) is 71.5 Å². The van der Waals surface area contributed by atoms with Gasteiger partial charge in [-0.05, 0) is 128 Å². The van der Waals surface area contributed by atoms with Gasteiger partial charge in [0, 0.05) is 54.5 Å². The number of pyridine rings is 3. The summed E-state index contributed by atoms with van der Waals surface area (Å²) in [6.45, 7) is 14.8. The maximum Gasteiger partial charge on any atom is 0.410 e. The molecule has 65 heavy (non-hydrogen) atoms. The van der Waals surface area contributed by atoms with Crippen LogP contribution in [0.4, 0.5) is 15.4 Å². The van der Waals surface area contributed by atoms with Crippen LogP contribution in [-0.4, -0.2) is 103 Å². The molecule has 5 N–H and O–H groups in total. The highest BCUT2D eigenvalue weighted by Gasteiger charge is 2.32. The zero-order chi connectivity index (χ0) is 47.2. The Hall–Kier alpha value is -6.97. The number of benzene rings is 2. The molecule has 2 saturated heterocycles. The number of piperidine rings is 2. The number of fused-ring (bicyclic) bond motifs is 1. The number of nitrogens with zero attached hydrogens (tertiary/aromatic N) is 4. The summed E-state index contributed by atoms with van der Waals surface area (Å²) in [7, 11) is 0. The molecule has 3 aromatic heterocycles. The lowest BCUT2D eigenvalue weighted by Gasteiger charge is -2.34. The van der Waals surface area contributed by atoms with Gasteiger partial charge in [0.1, 0.15) is 39.7 Å². The number of nitrogens with one attached hydrogen (secondary N) is 1. The second-order valence-electron chi connectivity index (χ2n) is 18.2. The van der Waals surface area contributed by atoms with Gasteiger partial charge in [-0.2, -0.15) is 0 Å². The topological polar surface area (TPSA) is 228 Å². The number of phenols is 2. The summed E-state index contributed by atoms with van der Waals surface area (Å²) in [4.78, 5) is 77.2. The molecule has 2 amide bonds. The van der Waals surface area contributed by atoms with E-state index in [-0.39, 0.29) is 59.2 Å². The van der Waals surface area contributed by atoms with Gasteiger partial charge >= 0.3 is 18.2 Å². The summed E-state index contributed by atoms with van der Waals surface area (Å²) in [5.74, 6) is -0.641. The number of amides is 2. The van der Waals surface area contributed by atoms with Crippen LogP contribution in [-0.2, 0) is 14.2 Å². The first-order valence-electron chi connectivity index (χ1n) is 21.8. The number of aldehydes is 1. The number of aromatic amines is 1. The summed E-state index contributed by atoms with van der Waals surface area (Å²) in [6, 6.07) is 18.8. The Balaban J connectivity index is 0.000000221. The van der Waals surface area contributed by atoms with Crippen LogP contribution >= 0.6 is 0 Å². The third kappa shape index (κ3) is 11.6. The van der Waals surface area contributed by atoms with Crippen molar-refractivity contribution in [2.45, 2.75) is 97.2 Å². The summed E-state index contributed by atoms with van der Waals surface area (Å²) in [5, 5.41) is 21.2. The average Bonchev–Trinajstić information content (AvgIpc) is 3.25. The minimum atomic E-state index is -0.713. The molecule has 2 aliphatic rings. The molecule has 16 heteroatoms. The Bertz CT molecular complexity index is 2630. The van der Waals surface area contributed by atoms with Crippen molar-refractivity contribution >= 4 is 41.3 Å². The molecule has 2 aromatic carbocycles. The first-order chi connectivity index (χ1) is 30.8. The third-order valence-corrected chi connectivity index (χ3v) is 11.0. The van der Waals surface area contributed by atoms with Crippen molar-refractivity contribution in [2.24, 2.45) is 0 Å². The molecule has 2 aliphatic heterocycles. The number of likely N-dealkylation sites (tertiary alicyclic amines) is 2. The van der Waals surface area contributed by atoms with Gasteiger partial charge in [-0.1, -0.05) is 24.3 Å². The predicted molar refractivity (Wildman–Crippen MR) is 246 cm³/mol. The number of aromatic nitrogens is 3. The van der Waals surface area contributed by atoms with Gasteiger partial charge in [0.2, 0.25) is 0 Å². The van der Waals surface area contributed by atoms with Crippen molar-refractivity contribution in [3.63, 3.8) is 0 Å². The number of carbonyl (C=O) groups is 4. The molecule has 0 bridgehead atoms. The van der Waals surface area contributed by atoms with E-state index in [1.54, 1.807) is 71.3 Å². The van der Waals surface area contributed by atoms with Crippen LogP contribution in [0.1, 0.15) is 118 Å². The number of nitrogen functional groups attached to an aromatic ring is 1. The van der Waals surface area contributed by atoms with Crippen molar-refractivity contribution in [3.8, 4) is 34.0 Å². The summed E-state index contributed by atoms with van der Waals surface area (Å²) < 4.78 is 16.1. The Morgan fingerprint density at radius 2 is 1.28 bits per heavy atom. The van der Waals surface area contributed by atoms with Gasteiger partial charge in [0.25, 0.3) is 5.56 Å². The summed E-state index contributed by atoms with van der Waals surface area (Å²) in [6.07, 6.45) is 3.10. The first kappa shape index (κ1) is 47.5. The van der Waals surface area contributed by atoms with E-state index in [1.807, 2.05) is 47.6 Å². The van der Waals surface area contributed by atoms with Crippen LogP contribution in [0.2, 0.25) is 0 Å².